The fourth-order valence-corrected chi connectivity index (χ4v) is 1.01. The lowest BCUT2D eigenvalue weighted by molar-refractivity contribution is -0.293. The Bertz CT molecular complexity index is 391. The van der Waals surface area contributed by atoms with Gasteiger partial charge in [0.2, 0.25) is 0 Å². The first-order chi connectivity index (χ1) is 7.11. The third kappa shape index (κ3) is 3.39. The highest BCUT2D eigenvalue weighted by atomic mass is 32.2. The minimum absolute atomic E-state index is 0.131. The lowest BCUT2D eigenvalue weighted by Crippen LogP contribution is -2.15. The summed E-state index contributed by atoms with van der Waals surface area (Å²) in [6, 6.07) is 7.65. The van der Waals surface area contributed by atoms with Crippen molar-refractivity contribution < 1.29 is 18.1 Å². The van der Waals surface area contributed by atoms with E-state index in [1.54, 1.807) is 18.2 Å². The van der Waals surface area contributed by atoms with Gasteiger partial charge in [-0.1, -0.05) is 30.3 Å². The summed E-state index contributed by atoms with van der Waals surface area (Å²) in [5.41, 5.74) is 0.131. The molecular formula is C8H5NO5S. The molecule has 0 radical (unpaired) electrons. The molecule has 1 aromatic rings. The van der Waals surface area contributed by atoms with E-state index in [4.69, 9.17) is 0 Å². The minimum Gasteiger partial charge on any atom is -0.322 e. The number of hydrogen-bond donors (Lipinski definition) is 0. The van der Waals surface area contributed by atoms with Crippen LogP contribution in [0.1, 0.15) is 10.4 Å². The van der Waals surface area contributed by atoms with Crippen molar-refractivity contribution in [3.8, 4) is 0 Å². The highest BCUT2D eigenvalue weighted by molar-refractivity contribution is 7.89. The van der Waals surface area contributed by atoms with E-state index in [1.165, 1.54) is 12.1 Å². The number of nitro groups is 1. The number of Topliss-reactive ketones (excluding diaryl/α,β-unsaturated/α-hetero) is 1. The molecule has 1 aromatic carbocycles. The second kappa shape index (κ2) is 5.11. The fourth-order valence-electron chi connectivity index (χ4n) is 0.809. The van der Waals surface area contributed by atoms with Gasteiger partial charge in [-0.15, -0.1) is 0 Å². The zero-order valence-electron chi connectivity index (χ0n) is 7.28. The lowest BCUT2D eigenvalue weighted by atomic mass is 10.1. The van der Waals surface area contributed by atoms with Crippen molar-refractivity contribution in [1.29, 1.82) is 0 Å². The molecule has 0 atom stereocenters. The van der Waals surface area contributed by atoms with Gasteiger partial charge in [-0.2, -0.15) is 0 Å². The molecule has 0 aromatic heterocycles. The average Bonchev–Trinajstić information content (AvgIpc) is 2.26. The Morgan fingerprint density at radius 2 is 1.87 bits per heavy atom. The molecule has 7 heteroatoms. The summed E-state index contributed by atoms with van der Waals surface area (Å²) >= 11 is -0.286. The van der Waals surface area contributed by atoms with Gasteiger partial charge in [0.25, 0.3) is 5.78 Å². The molecule has 0 heterocycles. The Kier molecular flexibility index (Phi) is 3.81. The van der Waals surface area contributed by atoms with Gasteiger partial charge in [0, 0.05) is 5.56 Å². The summed E-state index contributed by atoms with van der Waals surface area (Å²) in [4.78, 5) is 32.0. The van der Waals surface area contributed by atoms with Crippen LogP contribution in [0.25, 0.3) is 0 Å². The lowest BCUT2D eigenvalue weighted by Gasteiger charge is -1.96. The highest BCUT2D eigenvalue weighted by Crippen LogP contribution is 2.07. The molecule has 78 valence electrons. The minimum atomic E-state index is -1.26. The van der Waals surface area contributed by atoms with Gasteiger partial charge < -0.3 is 4.18 Å². The summed E-state index contributed by atoms with van der Waals surface area (Å²) in [6.45, 7) is 0. The van der Waals surface area contributed by atoms with Crippen molar-refractivity contribution in [1.82, 2.24) is 0 Å². The number of carbonyl (C=O) groups excluding carboxylic acids is 2. The largest absolute Gasteiger partial charge is 0.471 e. The molecule has 0 unspecified atom stereocenters. The van der Waals surface area contributed by atoms with E-state index < -0.39 is 16.1 Å². The normalized spacial score (nSPS) is 9.33. The van der Waals surface area contributed by atoms with Gasteiger partial charge in [0.1, 0.15) is 4.33 Å². The maximum Gasteiger partial charge on any atom is 0.471 e. The van der Waals surface area contributed by atoms with Crippen LogP contribution in [0, 0.1) is 10.1 Å². The first kappa shape index (κ1) is 11.2. The topological polar surface area (TPSA) is 86.5 Å². The average molecular weight is 227 g/mol. The predicted octanol–water partition coefficient (Wildman–Crippen LogP) is 1.25. The maximum atomic E-state index is 11.2. The van der Waals surface area contributed by atoms with Crippen molar-refractivity contribution in [3.05, 3.63) is 46.0 Å². The zero-order valence-corrected chi connectivity index (χ0v) is 8.10. The molecule has 0 fully saturated rings. The summed E-state index contributed by atoms with van der Waals surface area (Å²) in [6.07, 6.45) is 0. The Morgan fingerprint density at radius 1 is 1.27 bits per heavy atom. The monoisotopic (exact) mass is 227 g/mol. The van der Waals surface area contributed by atoms with E-state index in [2.05, 4.69) is 4.18 Å². The van der Waals surface area contributed by atoms with Crippen molar-refractivity contribution in [2.45, 2.75) is 0 Å². The Balaban J connectivity index is 2.62. The smallest absolute Gasteiger partial charge is 0.322 e. The second-order valence-corrected chi connectivity index (χ2v) is 2.98. The number of benzene rings is 1. The predicted molar refractivity (Wildman–Crippen MR) is 51.4 cm³/mol. The molecule has 1 rings (SSSR count). The summed E-state index contributed by atoms with van der Waals surface area (Å²) in [5.74, 6) is -2.17. The van der Waals surface area contributed by atoms with Crippen molar-refractivity contribution in [2.24, 2.45) is 0 Å². The molecule has 0 bridgehead atoms. The van der Waals surface area contributed by atoms with Crippen molar-refractivity contribution in [2.75, 3.05) is 0 Å². The second-order valence-electron chi connectivity index (χ2n) is 2.36. The van der Waals surface area contributed by atoms with Crippen LogP contribution in [0.15, 0.2) is 30.3 Å². The Morgan fingerprint density at radius 3 is 2.40 bits per heavy atom. The van der Waals surface area contributed by atoms with E-state index in [9.17, 15) is 19.7 Å². The van der Waals surface area contributed by atoms with Gasteiger partial charge in [0.15, 0.2) is 0 Å². The molecule has 0 saturated heterocycles. The highest BCUT2D eigenvalue weighted by Gasteiger charge is 2.21. The molecular weight excluding hydrogens is 222 g/mol. The Hall–Kier alpha value is -1.89. The zero-order chi connectivity index (χ0) is 11.3. The molecule has 0 aliphatic heterocycles. The SMILES string of the molecule is O=C(OS[N+](=O)[O-])C(=O)c1ccccc1. The van der Waals surface area contributed by atoms with Crippen LogP contribution in [0.5, 0.6) is 0 Å². The quantitative estimate of drug-likeness (QED) is 0.192. The number of hydrogen-bond acceptors (Lipinski definition) is 6. The third-order valence-electron chi connectivity index (χ3n) is 1.40. The molecule has 0 saturated carbocycles. The first-order valence-electron chi connectivity index (χ1n) is 3.74. The maximum absolute atomic E-state index is 11.2. The number of carbonyl (C=O) groups is 2. The molecule has 0 aliphatic rings. The van der Waals surface area contributed by atoms with Crippen LogP contribution in [-0.2, 0) is 8.98 Å². The van der Waals surface area contributed by atoms with E-state index in [-0.39, 0.29) is 17.8 Å². The number of nitrogens with zero attached hydrogens (tertiary/aromatic N) is 1. The van der Waals surface area contributed by atoms with Crippen LogP contribution < -0.4 is 0 Å². The van der Waals surface area contributed by atoms with Gasteiger partial charge in [-0.3, -0.25) is 4.79 Å². The van der Waals surface area contributed by atoms with Gasteiger partial charge in [0.05, 0.1) is 0 Å². The van der Waals surface area contributed by atoms with Gasteiger partial charge in [-0.05, 0) is 0 Å². The van der Waals surface area contributed by atoms with E-state index in [1.807, 2.05) is 0 Å². The van der Waals surface area contributed by atoms with Crippen molar-refractivity contribution in [3.63, 3.8) is 0 Å². The first-order valence-corrected chi connectivity index (χ1v) is 4.44. The van der Waals surface area contributed by atoms with Crippen LogP contribution in [0.3, 0.4) is 0 Å². The molecule has 0 N–H and O–H groups in total. The molecule has 15 heavy (non-hydrogen) atoms. The number of ketones is 1. The van der Waals surface area contributed by atoms with E-state index in [0.717, 1.165) is 0 Å². The van der Waals surface area contributed by atoms with Crippen LogP contribution in [0.4, 0.5) is 0 Å². The summed E-state index contributed by atoms with van der Waals surface area (Å²) in [5, 5.41) is 9.84. The molecule has 6 nitrogen and oxygen atoms in total. The third-order valence-corrected chi connectivity index (χ3v) is 1.74. The molecule has 0 aliphatic carbocycles. The van der Waals surface area contributed by atoms with Crippen molar-refractivity contribution >= 4 is 24.0 Å². The number of rotatable bonds is 4. The van der Waals surface area contributed by atoms with E-state index >= 15 is 0 Å². The van der Waals surface area contributed by atoms with Crippen LogP contribution in [-0.4, -0.2) is 16.1 Å². The molecule has 0 spiro atoms. The fraction of sp³-hybridized carbons (Fsp3) is 0. The molecule has 0 amide bonds. The van der Waals surface area contributed by atoms with Gasteiger partial charge in [-0.25, -0.2) is 14.9 Å². The summed E-state index contributed by atoms with van der Waals surface area (Å²) < 4.78 is 3.13. The van der Waals surface area contributed by atoms with Crippen LogP contribution in [0.2, 0.25) is 0 Å². The Labute approximate surface area is 88.7 Å². The standard InChI is InChI=1S/C8H5NO5S/c10-7(6-4-2-1-3-5-6)8(11)14-15-9(12)13/h1-5H. The van der Waals surface area contributed by atoms with E-state index in [0.29, 0.717) is 0 Å². The van der Waals surface area contributed by atoms with Crippen LogP contribution >= 0.6 is 12.2 Å². The van der Waals surface area contributed by atoms with Gasteiger partial charge >= 0.3 is 18.2 Å². The summed E-state index contributed by atoms with van der Waals surface area (Å²) in [7, 11) is 0.